The monoisotopic (exact) mass is 469 g/mol. The Bertz CT molecular complexity index is 1610. The first-order chi connectivity index (χ1) is 17.0. The number of aromatic nitrogens is 4. The van der Waals surface area contributed by atoms with Crippen LogP contribution in [0.1, 0.15) is 30.0 Å². The van der Waals surface area contributed by atoms with E-state index >= 15 is 0 Å². The van der Waals surface area contributed by atoms with Crippen LogP contribution in [0.2, 0.25) is 0 Å². The molecule has 1 amide bonds. The third-order valence-corrected chi connectivity index (χ3v) is 6.67. The average Bonchev–Trinajstić information content (AvgIpc) is 3.55. The lowest BCUT2D eigenvalue weighted by molar-refractivity contribution is -0.125. The average molecular weight is 470 g/mol. The third kappa shape index (κ3) is 3.52. The zero-order valence-corrected chi connectivity index (χ0v) is 19.0. The van der Waals surface area contributed by atoms with Gasteiger partial charge in [0.2, 0.25) is 5.91 Å². The van der Waals surface area contributed by atoms with Crippen LogP contribution in [0.5, 0.6) is 0 Å². The van der Waals surface area contributed by atoms with Crippen LogP contribution >= 0.6 is 0 Å². The van der Waals surface area contributed by atoms with Gasteiger partial charge in [-0.15, -0.1) is 0 Å². The largest absolute Gasteiger partial charge is 0.423 e. The summed E-state index contributed by atoms with van der Waals surface area (Å²) in [6.07, 6.45) is 4.99. The Morgan fingerprint density at radius 3 is 2.91 bits per heavy atom. The van der Waals surface area contributed by atoms with Gasteiger partial charge in [-0.3, -0.25) is 9.59 Å². The van der Waals surface area contributed by atoms with Crippen molar-refractivity contribution in [1.29, 1.82) is 0 Å². The molecule has 0 spiro atoms. The van der Waals surface area contributed by atoms with E-state index in [1.807, 2.05) is 29.0 Å². The van der Waals surface area contributed by atoms with Gasteiger partial charge in [0.15, 0.2) is 11.4 Å². The maximum absolute atomic E-state index is 12.7. The summed E-state index contributed by atoms with van der Waals surface area (Å²) in [5, 5.41) is 6.92. The lowest BCUT2D eigenvalue weighted by Crippen LogP contribution is -2.37. The van der Waals surface area contributed by atoms with Crippen molar-refractivity contribution in [2.75, 3.05) is 36.8 Å². The summed E-state index contributed by atoms with van der Waals surface area (Å²) < 4.78 is 7.70. The first-order valence-electron chi connectivity index (χ1n) is 11.5. The van der Waals surface area contributed by atoms with Crippen molar-refractivity contribution < 1.29 is 9.21 Å². The number of likely N-dealkylation sites (tertiary alicyclic amines) is 1. The second-order valence-electron chi connectivity index (χ2n) is 8.81. The first kappa shape index (κ1) is 21.0. The van der Waals surface area contributed by atoms with Crippen LogP contribution in [0, 0.1) is 11.8 Å². The van der Waals surface area contributed by atoms with E-state index < -0.39 is 0 Å². The fourth-order valence-electron chi connectivity index (χ4n) is 4.69. The summed E-state index contributed by atoms with van der Waals surface area (Å²) in [4.78, 5) is 33.2. The molecule has 2 aliphatic heterocycles. The fraction of sp³-hybridized carbons (Fsp3) is 0.280. The van der Waals surface area contributed by atoms with Crippen LogP contribution in [0.3, 0.4) is 0 Å². The molecule has 0 radical (unpaired) electrons. The number of hydrogen-bond acceptors (Lipinski definition) is 7. The molecule has 176 valence electrons. The maximum atomic E-state index is 12.7. The van der Waals surface area contributed by atoms with Gasteiger partial charge in [-0.2, -0.15) is 10.1 Å². The lowest BCUT2D eigenvalue weighted by Gasteiger charge is -2.28. The molecule has 0 unspecified atom stereocenters. The van der Waals surface area contributed by atoms with Crippen LogP contribution in [0.25, 0.3) is 22.0 Å². The molecule has 0 bridgehead atoms. The summed E-state index contributed by atoms with van der Waals surface area (Å²) in [5.74, 6) is 6.41. The fourth-order valence-corrected chi connectivity index (χ4v) is 4.69. The number of amides is 1. The summed E-state index contributed by atoms with van der Waals surface area (Å²) in [5.41, 5.74) is 9.05. The summed E-state index contributed by atoms with van der Waals surface area (Å²) in [6.45, 7) is 6.54. The second kappa shape index (κ2) is 8.06. The number of aromatic amines is 1. The van der Waals surface area contributed by atoms with Crippen molar-refractivity contribution in [3.63, 3.8) is 0 Å². The Morgan fingerprint density at radius 1 is 1.29 bits per heavy atom. The molecule has 3 N–H and O–H groups in total. The number of nitrogens with one attached hydrogen (secondary N) is 1. The van der Waals surface area contributed by atoms with E-state index in [-0.39, 0.29) is 23.3 Å². The van der Waals surface area contributed by atoms with Gasteiger partial charge < -0.3 is 24.5 Å². The molecule has 0 aliphatic carbocycles. The van der Waals surface area contributed by atoms with Gasteiger partial charge in [-0.05, 0) is 37.1 Å². The first-order valence-corrected chi connectivity index (χ1v) is 11.5. The van der Waals surface area contributed by atoms with Crippen LogP contribution in [0.4, 0.5) is 11.8 Å². The number of H-pyrrole nitrogens is 1. The molecule has 1 aromatic carbocycles. The van der Waals surface area contributed by atoms with Crippen molar-refractivity contribution >= 4 is 39.7 Å². The predicted molar refractivity (Wildman–Crippen MR) is 132 cm³/mol. The molecule has 5 heterocycles. The number of benzene rings is 1. The van der Waals surface area contributed by atoms with Gasteiger partial charge in [0.05, 0.1) is 17.0 Å². The number of rotatable bonds is 3. The predicted octanol–water partition coefficient (Wildman–Crippen LogP) is 2.02. The minimum absolute atomic E-state index is 0.0775. The Morgan fingerprint density at radius 2 is 2.14 bits per heavy atom. The van der Waals surface area contributed by atoms with Gasteiger partial charge >= 0.3 is 0 Å². The van der Waals surface area contributed by atoms with Crippen LogP contribution in [-0.4, -0.2) is 56.7 Å². The zero-order chi connectivity index (χ0) is 24.1. The number of nitrogens with zero attached hydrogens (tertiary/aromatic N) is 5. The molecule has 2 saturated heterocycles. The Kier molecular flexibility index (Phi) is 4.84. The van der Waals surface area contributed by atoms with Crippen molar-refractivity contribution in [3.8, 4) is 11.8 Å². The van der Waals surface area contributed by atoms with Gasteiger partial charge in [-0.1, -0.05) is 18.4 Å². The van der Waals surface area contributed by atoms with Crippen molar-refractivity contribution in [2.24, 2.45) is 0 Å². The molecule has 4 aromatic rings. The van der Waals surface area contributed by atoms with Gasteiger partial charge in [0, 0.05) is 37.9 Å². The number of fused-ring (bicyclic) bond motifs is 2. The molecule has 6 rings (SSSR count). The topological polar surface area (TPSA) is 126 Å². The van der Waals surface area contributed by atoms with E-state index in [2.05, 4.69) is 38.5 Å². The minimum Gasteiger partial charge on any atom is -0.423 e. The number of nitrogens with two attached hydrogens (primary N) is 1. The smallest absolute Gasteiger partial charge is 0.298 e. The number of nitrogen functional groups attached to an aromatic ring is 1. The highest BCUT2D eigenvalue weighted by Crippen LogP contribution is 2.30. The highest BCUT2D eigenvalue weighted by molar-refractivity contribution is 5.94. The maximum Gasteiger partial charge on any atom is 0.298 e. The third-order valence-electron chi connectivity index (χ3n) is 6.67. The Labute approximate surface area is 200 Å². The minimum atomic E-state index is -0.349. The molecule has 35 heavy (non-hydrogen) atoms. The molecular formula is C25H23N7O3. The molecule has 3 aromatic heterocycles. The van der Waals surface area contributed by atoms with Crippen LogP contribution in [-0.2, 0) is 4.79 Å². The number of carbonyl (C=O) groups is 1. The van der Waals surface area contributed by atoms with E-state index in [1.165, 1.54) is 6.08 Å². The number of anilines is 2. The highest BCUT2D eigenvalue weighted by Gasteiger charge is 2.29. The Hall–Kier alpha value is -4.52. The SMILES string of the molecule is C=CC(=O)N1CC[C@H](n2cc(C#Cc3ccc4oc(N5CCC5)nc4c3)c3c(N)n[nH]c(=O)c32)C1. The lowest BCUT2D eigenvalue weighted by atomic mass is 10.1. The molecule has 10 heteroatoms. The van der Waals surface area contributed by atoms with Crippen molar-refractivity contribution in [3.05, 3.63) is 58.5 Å². The number of oxazole rings is 1. The molecule has 0 saturated carbocycles. The highest BCUT2D eigenvalue weighted by atomic mass is 16.4. The summed E-state index contributed by atoms with van der Waals surface area (Å²) in [6, 6.07) is 6.19. The normalized spacial score (nSPS) is 17.4. The quantitative estimate of drug-likeness (QED) is 0.347. The number of hydrogen-bond donors (Lipinski definition) is 2. The van der Waals surface area contributed by atoms with E-state index in [0.29, 0.717) is 47.6 Å². The molecule has 1 atom stereocenters. The van der Waals surface area contributed by atoms with E-state index in [0.717, 1.165) is 30.6 Å². The van der Waals surface area contributed by atoms with Crippen molar-refractivity contribution in [1.82, 2.24) is 24.6 Å². The molecular weight excluding hydrogens is 446 g/mol. The van der Waals surface area contributed by atoms with E-state index in [4.69, 9.17) is 10.2 Å². The summed E-state index contributed by atoms with van der Waals surface area (Å²) in [7, 11) is 0. The molecule has 2 fully saturated rings. The number of carbonyl (C=O) groups excluding carboxylic acids is 1. The second-order valence-corrected chi connectivity index (χ2v) is 8.81. The van der Waals surface area contributed by atoms with Crippen LogP contribution in [0.15, 0.2) is 46.3 Å². The standard InChI is InChI=1S/C25H23N7O3/c1-2-20(33)31-11-8-17(14-31)32-13-16(21-22(32)24(34)29-28-23(21)26)6-4-15-5-7-19-18(12-15)27-25(35-19)30-9-3-10-30/h2,5,7,12-13,17H,1,3,8-11,14H2,(H2,26,28)(H,29,34)/t17-/m0/s1. The van der Waals surface area contributed by atoms with Crippen molar-refractivity contribution in [2.45, 2.75) is 18.9 Å². The van der Waals surface area contributed by atoms with Gasteiger partial charge in [-0.25, -0.2) is 5.10 Å². The summed E-state index contributed by atoms with van der Waals surface area (Å²) >= 11 is 0. The van der Waals surface area contributed by atoms with Gasteiger partial charge in [0.25, 0.3) is 11.6 Å². The van der Waals surface area contributed by atoms with E-state index in [1.54, 1.807) is 4.90 Å². The Balaban J connectivity index is 1.38. The molecule has 2 aliphatic rings. The zero-order valence-electron chi connectivity index (χ0n) is 19.0. The van der Waals surface area contributed by atoms with E-state index in [9.17, 15) is 9.59 Å². The molecule has 10 nitrogen and oxygen atoms in total. The van der Waals surface area contributed by atoms with Crippen LogP contribution < -0.4 is 16.2 Å². The van der Waals surface area contributed by atoms with Gasteiger partial charge in [0.1, 0.15) is 11.0 Å².